The van der Waals surface area contributed by atoms with E-state index in [1.807, 2.05) is 0 Å². The van der Waals surface area contributed by atoms with Crippen molar-refractivity contribution >= 4 is 6.29 Å². The fourth-order valence-corrected chi connectivity index (χ4v) is 1.58. The molecule has 0 amide bonds. The van der Waals surface area contributed by atoms with Gasteiger partial charge >= 0.3 is 6.18 Å². The van der Waals surface area contributed by atoms with Crippen LogP contribution in [0.15, 0.2) is 36.4 Å². The van der Waals surface area contributed by atoms with Gasteiger partial charge < -0.3 is 4.74 Å². The predicted octanol–water partition coefficient (Wildman–Crippen LogP) is 4.59. The average Bonchev–Trinajstić information content (AvgIpc) is 2.42. The summed E-state index contributed by atoms with van der Waals surface area (Å²) >= 11 is 0. The van der Waals surface area contributed by atoms with Gasteiger partial charge in [-0.05, 0) is 36.4 Å². The summed E-state index contributed by atoms with van der Waals surface area (Å²) in [5.41, 5.74) is -1.69. The van der Waals surface area contributed by atoms with Crippen molar-refractivity contribution in [3.63, 3.8) is 0 Å². The first-order valence-electron chi connectivity index (χ1n) is 5.61. The van der Waals surface area contributed by atoms with Crippen molar-refractivity contribution < 1.29 is 31.5 Å². The number of rotatable bonds is 3. The fourth-order valence-electron chi connectivity index (χ4n) is 1.58. The van der Waals surface area contributed by atoms with Crippen LogP contribution in [0.5, 0.6) is 11.5 Å². The zero-order chi connectivity index (χ0) is 15.6. The van der Waals surface area contributed by atoms with Gasteiger partial charge in [-0.1, -0.05) is 0 Å². The lowest BCUT2D eigenvalue weighted by Gasteiger charge is -2.10. The van der Waals surface area contributed by atoms with Gasteiger partial charge in [0, 0.05) is 0 Å². The van der Waals surface area contributed by atoms with E-state index in [1.54, 1.807) is 0 Å². The number of hydrogen-bond donors (Lipinski definition) is 0. The molecule has 2 nitrogen and oxygen atoms in total. The Labute approximate surface area is 115 Å². The fraction of sp³-hybridized carbons (Fsp3) is 0.0714. The molecule has 0 aliphatic carbocycles. The van der Waals surface area contributed by atoms with Gasteiger partial charge in [0.25, 0.3) is 0 Å². The Bertz CT molecular complexity index is 662. The summed E-state index contributed by atoms with van der Waals surface area (Å²) in [4.78, 5) is 10.5. The number of hydrogen-bond acceptors (Lipinski definition) is 2. The number of ether oxygens (including phenoxy) is 1. The van der Waals surface area contributed by atoms with Crippen molar-refractivity contribution in [1.29, 1.82) is 0 Å². The van der Waals surface area contributed by atoms with Gasteiger partial charge in [-0.15, -0.1) is 0 Å². The Morgan fingerprint density at radius 2 is 1.57 bits per heavy atom. The maximum Gasteiger partial charge on any atom is 0.416 e. The lowest BCUT2D eigenvalue weighted by molar-refractivity contribution is -0.137. The second-order valence-electron chi connectivity index (χ2n) is 4.02. The third-order valence-electron chi connectivity index (χ3n) is 2.62. The van der Waals surface area contributed by atoms with Crippen molar-refractivity contribution in [3.8, 4) is 11.5 Å². The number of halogens is 5. The average molecular weight is 302 g/mol. The standard InChI is InChI=1S/C14H7F5O2/c15-11-5-6-12(13(16)10(11)7-20)21-9-3-1-8(2-4-9)14(17,18)19/h1-7H. The minimum absolute atomic E-state index is 0.00965. The summed E-state index contributed by atoms with van der Waals surface area (Å²) in [5.74, 6) is -2.81. The highest BCUT2D eigenvalue weighted by Gasteiger charge is 2.30. The van der Waals surface area contributed by atoms with Crippen molar-refractivity contribution in [1.82, 2.24) is 0 Å². The van der Waals surface area contributed by atoms with Gasteiger partial charge in [-0.3, -0.25) is 4.79 Å². The summed E-state index contributed by atoms with van der Waals surface area (Å²) in [5, 5.41) is 0. The first kappa shape index (κ1) is 15.0. The molecule has 0 unspecified atom stereocenters. The summed E-state index contributed by atoms with van der Waals surface area (Å²) in [7, 11) is 0. The third kappa shape index (κ3) is 3.18. The molecule has 0 radical (unpaired) electrons. The van der Waals surface area contributed by atoms with Crippen LogP contribution < -0.4 is 4.74 Å². The number of carbonyl (C=O) groups is 1. The van der Waals surface area contributed by atoms with E-state index in [2.05, 4.69) is 0 Å². The number of carbonyl (C=O) groups excluding carboxylic acids is 1. The van der Waals surface area contributed by atoms with E-state index in [0.717, 1.165) is 36.4 Å². The Hall–Kier alpha value is -2.44. The molecule has 0 heterocycles. The molecule has 0 saturated heterocycles. The minimum atomic E-state index is -4.50. The first-order valence-corrected chi connectivity index (χ1v) is 5.61. The number of alkyl halides is 3. The van der Waals surface area contributed by atoms with Gasteiger partial charge in [-0.2, -0.15) is 13.2 Å². The van der Waals surface area contributed by atoms with Crippen LogP contribution in [-0.2, 0) is 6.18 Å². The molecule has 7 heteroatoms. The molecule has 0 atom stereocenters. The largest absolute Gasteiger partial charge is 0.454 e. The molecule has 21 heavy (non-hydrogen) atoms. The predicted molar refractivity (Wildman–Crippen MR) is 63.3 cm³/mol. The SMILES string of the molecule is O=Cc1c(F)ccc(Oc2ccc(C(F)(F)F)cc2)c1F. The lowest BCUT2D eigenvalue weighted by atomic mass is 10.2. The molecule has 110 valence electrons. The van der Waals surface area contributed by atoms with Crippen LogP contribution in [0, 0.1) is 11.6 Å². The van der Waals surface area contributed by atoms with E-state index < -0.39 is 34.7 Å². The summed E-state index contributed by atoms with van der Waals surface area (Å²) < 4.78 is 68.9. The van der Waals surface area contributed by atoms with Crippen molar-refractivity contribution in [2.45, 2.75) is 6.18 Å². The highest BCUT2D eigenvalue weighted by atomic mass is 19.4. The maximum atomic E-state index is 13.7. The first-order chi connectivity index (χ1) is 9.82. The van der Waals surface area contributed by atoms with E-state index in [9.17, 15) is 26.7 Å². The van der Waals surface area contributed by atoms with E-state index in [-0.39, 0.29) is 12.0 Å². The third-order valence-corrected chi connectivity index (χ3v) is 2.62. The zero-order valence-corrected chi connectivity index (χ0v) is 10.2. The topological polar surface area (TPSA) is 26.3 Å². The van der Waals surface area contributed by atoms with Gasteiger partial charge in [0.1, 0.15) is 11.6 Å². The van der Waals surface area contributed by atoms with Crippen LogP contribution in [0.2, 0.25) is 0 Å². The van der Waals surface area contributed by atoms with Gasteiger partial charge in [0.2, 0.25) is 0 Å². The maximum absolute atomic E-state index is 13.7. The normalized spacial score (nSPS) is 11.3. The summed E-state index contributed by atoms with van der Waals surface area (Å²) in [6, 6.07) is 5.27. The van der Waals surface area contributed by atoms with Crippen LogP contribution >= 0.6 is 0 Å². The van der Waals surface area contributed by atoms with Crippen LogP contribution in [0.3, 0.4) is 0 Å². The van der Waals surface area contributed by atoms with E-state index in [4.69, 9.17) is 4.74 Å². The highest BCUT2D eigenvalue weighted by molar-refractivity contribution is 5.76. The monoisotopic (exact) mass is 302 g/mol. The highest BCUT2D eigenvalue weighted by Crippen LogP contribution is 2.32. The molecule has 0 saturated carbocycles. The summed E-state index contributed by atoms with van der Waals surface area (Å²) in [6.45, 7) is 0. The Balaban J connectivity index is 2.29. The van der Waals surface area contributed by atoms with Gasteiger partial charge in [-0.25, -0.2) is 8.78 Å². The Kier molecular flexibility index (Phi) is 3.93. The van der Waals surface area contributed by atoms with Crippen LogP contribution in [0.4, 0.5) is 22.0 Å². The van der Waals surface area contributed by atoms with Crippen LogP contribution in [0.1, 0.15) is 15.9 Å². The van der Waals surface area contributed by atoms with Crippen molar-refractivity contribution in [2.75, 3.05) is 0 Å². The molecule has 0 fully saturated rings. The second kappa shape index (κ2) is 5.51. The quantitative estimate of drug-likeness (QED) is 0.612. The minimum Gasteiger partial charge on any atom is -0.454 e. The zero-order valence-electron chi connectivity index (χ0n) is 10.2. The molecular weight excluding hydrogens is 295 g/mol. The molecule has 0 N–H and O–H groups in total. The molecular formula is C14H7F5O2. The van der Waals surface area contributed by atoms with Gasteiger partial charge in [0.15, 0.2) is 17.9 Å². The summed E-state index contributed by atoms with van der Waals surface area (Å²) in [6.07, 6.45) is -4.51. The molecule has 2 rings (SSSR count). The van der Waals surface area contributed by atoms with Crippen LogP contribution in [0.25, 0.3) is 0 Å². The Morgan fingerprint density at radius 1 is 0.952 bits per heavy atom. The molecule has 2 aromatic carbocycles. The van der Waals surface area contributed by atoms with E-state index >= 15 is 0 Å². The van der Waals surface area contributed by atoms with Gasteiger partial charge in [0.05, 0.1) is 11.1 Å². The van der Waals surface area contributed by atoms with Crippen molar-refractivity contribution in [2.24, 2.45) is 0 Å². The molecule has 0 aromatic heterocycles. The molecule has 0 bridgehead atoms. The molecule has 0 spiro atoms. The molecule has 2 aromatic rings. The molecule has 0 aliphatic rings. The Morgan fingerprint density at radius 3 is 2.10 bits per heavy atom. The second-order valence-corrected chi connectivity index (χ2v) is 4.02. The van der Waals surface area contributed by atoms with E-state index in [0.29, 0.717) is 0 Å². The smallest absolute Gasteiger partial charge is 0.416 e. The van der Waals surface area contributed by atoms with Crippen LogP contribution in [-0.4, -0.2) is 6.29 Å². The lowest BCUT2D eigenvalue weighted by Crippen LogP contribution is -2.04. The van der Waals surface area contributed by atoms with E-state index in [1.165, 1.54) is 0 Å². The van der Waals surface area contributed by atoms with Crippen molar-refractivity contribution in [3.05, 3.63) is 59.2 Å². The number of aldehydes is 1. The number of benzene rings is 2. The molecule has 0 aliphatic heterocycles.